The standard InChI is InChI=1S/C25H27N3O4/c1-3-15(2)22(14-29)27-23(30)16-8-9-19-20(12-16)25(32)28(24(19)31)11-10-17-13-26-21-7-5-4-6-18(17)21/h4-9,12-13,15,22,26,29H,3,10-11,14H2,1-2H3,(H,27,30)/t15-,22-/m1/s1. The molecule has 7 nitrogen and oxygen atoms in total. The van der Waals surface area contributed by atoms with Crippen molar-refractivity contribution in [3.8, 4) is 0 Å². The number of nitrogens with zero attached hydrogens (tertiary/aromatic N) is 1. The third kappa shape index (κ3) is 3.91. The van der Waals surface area contributed by atoms with E-state index in [1.54, 1.807) is 6.07 Å². The number of aromatic amines is 1. The number of H-pyrrole nitrogens is 1. The number of nitrogens with one attached hydrogen (secondary N) is 2. The van der Waals surface area contributed by atoms with Crippen molar-refractivity contribution in [2.75, 3.05) is 13.2 Å². The van der Waals surface area contributed by atoms with E-state index in [1.807, 2.05) is 44.3 Å². The molecule has 3 N–H and O–H groups in total. The predicted molar refractivity (Wildman–Crippen MR) is 122 cm³/mol. The van der Waals surface area contributed by atoms with E-state index in [-0.39, 0.29) is 48.4 Å². The molecule has 4 rings (SSSR count). The van der Waals surface area contributed by atoms with Gasteiger partial charge in [0.15, 0.2) is 0 Å². The molecule has 1 aliphatic rings. The SMILES string of the molecule is CC[C@@H](C)[C@@H](CO)NC(=O)c1ccc2c(c1)C(=O)N(CCc1c[nH]c3ccccc13)C2=O. The number of hydrogen-bond acceptors (Lipinski definition) is 4. The second-order valence-corrected chi connectivity index (χ2v) is 8.28. The van der Waals surface area contributed by atoms with Crippen LogP contribution >= 0.6 is 0 Å². The highest BCUT2D eigenvalue weighted by Crippen LogP contribution is 2.26. The minimum atomic E-state index is -0.389. The monoisotopic (exact) mass is 433 g/mol. The van der Waals surface area contributed by atoms with E-state index >= 15 is 0 Å². The number of aliphatic hydroxyl groups excluding tert-OH is 1. The van der Waals surface area contributed by atoms with E-state index in [0.29, 0.717) is 17.5 Å². The fourth-order valence-electron chi connectivity index (χ4n) is 4.11. The lowest BCUT2D eigenvalue weighted by Gasteiger charge is -2.22. The van der Waals surface area contributed by atoms with Crippen LogP contribution in [-0.4, -0.2) is 51.9 Å². The van der Waals surface area contributed by atoms with Gasteiger partial charge in [0.1, 0.15) is 0 Å². The molecule has 7 heteroatoms. The van der Waals surface area contributed by atoms with Gasteiger partial charge in [-0.25, -0.2) is 0 Å². The summed E-state index contributed by atoms with van der Waals surface area (Å²) in [4.78, 5) is 42.9. The molecule has 0 bridgehead atoms. The Morgan fingerprint density at radius 3 is 2.62 bits per heavy atom. The number of aliphatic hydroxyl groups is 1. The van der Waals surface area contributed by atoms with Crippen molar-refractivity contribution >= 4 is 28.6 Å². The van der Waals surface area contributed by atoms with Crippen molar-refractivity contribution < 1.29 is 19.5 Å². The van der Waals surface area contributed by atoms with Crippen LogP contribution in [0.4, 0.5) is 0 Å². The summed E-state index contributed by atoms with van der Waals surface area (Å²) in [5.41, 5.74) is 2.90. The van der Waals surface area contributed by atoms with Gasteiger partial charge < -0.3 is 15.4 Å². The van der Waals surface area contributed by atoms with Crippen LogP contribution in [0.2, 0.25) is 0 Å². The Hall–Kier alpha value is -3.45. The number of imide groups is 1. The minimum Gasteiger partial charge on any atom is -0.394 e. The van der Waals surface area contributed by atoms with Gasteiger partial charge in [-0.2, -0.15) is 0 Å². The van der Waals surface area contributed by atoms with Gasteiger partial charge in [0.25, 0.3) is 17.7 Å². The molecule has 2 aromatic carbocycles. The number of rotatable bonds is 8. The average molecular weight is 434 g/mol. The zero-order valence-corrected chi connectivity index (χ0v) is 18.2. The minimum absolute atomic E-state index is 0.113. The molecular weight excluding hydrogens is 406 g/mol. The number of hydrogen-bond donors (Lipinski definition) is 3. The molecule has 32 heavy (non-hydrogen) atoms. The molecule has 0 saturated heterocycles. The summed E-state index contributed by atoms with van der Waals surface area (Å²) in [5.74, 6) is -0.990. The first-order valence-corrected chi connectivity index (χ1v) is 10.9. The van der Waals surface area contributed by atoms with Gasteiger partial charge >= 0.3 is 0 Å². The second-order valence-electron chi connectivity index (χ2n) is 8.28. The fourth-order valence-corrected chi connectivity index (χ4v) is 4.11. The summed E-state index contributed by atoms with van der Waals surface area (Å²) in [6.45, 7) is 4.04. The summed E-state index contributed by atoms with van der Waals surface area (Å²) >= 11 is 0. The maximum absolute atomic E-state index is 13.0. The smallest absolute Gasteiger partial charge is 0.261 e. The lowest BCUT2D eigenvalue weighted by atomic mass is 9.99. The van der Waals surface area contributed by atoms with Crippen LogP contribution in [0.25, 0.3) is 10.9 Å². The molecule has 0 unspecified atom stereocenters. The molecule has 0 fully saturated rings. The highest BCUT2D eigenvalue weighted by molar-refractivity contribution is 6.22. The van der Waals surface area contributed by atoms with Crippen LogP contribution in [0, 0.1) is 5.92 Å². The molecule has 0 saturated carbocycles. The summed E-state index contributed by atoms with van der Waals surface area (Å²) < 4.78 is 0. The van der Waals surface area contributed by atoms with Crippen LogP contribution in [0.5, 0.6) is 0 Å². The van der Waals surface area contributed by atoms with Gasteiger partial charge in [-0.3, -0.25) is 19.3 Å². The Morgan fingerprint density at radius 2 is 1.88 bits per heavy atom. The van der Waals surface area contributed by atoms with Crippen molar-refractivity contribution in [1.29, 1.82) is 0 Å². The van der Waals surface area contributed by atoms with Crippen LogP contribution in [-0.2, 0) is 6.42 Å². The molecule has 0 aliphatic carbocycles. The van der Waals surface area contributed by atoms with Crippen molar-refractivity contribution in [2.24, 2.45) is 5.92 Å². The van der Waals surface area contributed by atoms with Gasteiger partial charge in [-0.1, -0.05) is 38.5 Å². The van der Waals surface area contributed by atoms with Crippen molar-refractivity contribution in [2.45, 2.75) is 32.7 Å². The van der Waals surface area contributed by atoms with E-state index in [0.717, 1.165) is 22.9 Å². The third-order valence-corrected chi connectivity index (χ3v) is 6.36. The first-order chi connectivity index (χ1) is 15.4. The predicted octanol–water partition coefficient (Wildman–Crippen LogP) is 3.14. The Bertz CT molecular complexity index is 1180. The summed E-state index contributed by atoms with van der Waals surface area (Å²) in [6.07, 6.45) is 3.25. The molecule has 2 heterocycles. The number of aromatic nitrogens is 1. The highest BCUT2D eigenvalue weighted by atomic mass is 16.3. The molecule has 2 atom stereocenters. The quantitative estimate of drug-likeness (QED) is 0.475. The van der Waals surface area contributed by atoms with E-state index in [4.69, 9.17) is 0 Å². The normalized spacial score (nSPS) is 15.2. The number of fused-ring (bicyclic) bond motifs is 2. The molecule has 1 aromatic heterocycles. The van der Waals surface area contributed by atoms with Gasteiger partial charge in [-0.15, -0.1) is 0 Å². The zero-order valence-electron chi connectivity index (χ0n) is 18.2. The number of para-hydroxylation sites is 1. The van der Waals surface area contributed by atoms with Crippen LogP contribution in [0.3, 0.4) is 0 Å². The fraction of sp³-hybridized carbons (Fsp3) is 0.320. The third-order valence-electron chi connectivity index (χ3n) is 6.36. The van der Waals surface area contributed by atoms with Crippen molar-refractivity contribution in [3.63, 3.8) is 0 Å². The topological polar surface area (TPSA) is 102 Å². The second kappa shape index (κ2) is 8.96. The molecule has 1 aliphatic heterocycles. The van der Waals surface area contributed by atoms with Crippen LogP contribution in [0.15, 0.2) is 48.7 Å². The van der Waals surface area contributed by atoms with Crippen molar-refractivity contribution in [1.82, 2.24) is 15.2 Å². The van der Waals surface area contributed by atoms with E-state index < -0.39 is 0 Å². The summed E-state index contributed by atoms with van der Waals surface area (Å²) in [5, 5.41) is 13.5. The van der Waals surface area contributed by atoms with Gasteiger partial charge in [-0.05, 0) is 42.2 Å². The summed E-state index contributed by atoms with van der Waals surface area (Å²) in [7, 11) is 0. The van der Waals surface area contributed by atoms with E-state index in [2.05, 4.69) is 10.3 Å². The van der Waals surface area contributed by atoms with Gasteiger partial charge in [0, 0.05) is 29.2 Å². The molecule has 0 spiro atoms. The maximum Gasteiger partial charge on any atom is 0.261 e. The lowest BCUT2D eigenvalue weighted by molar-refractivity contribution is 0.0656. The van der Waals surface area contributed by atoms with Crippen molar-refractivity contribution in [3.05, 3.63) is 70.9 Å². The first kappa shape index (κ1) is 21.8. The highest BCUT2D eigenvalue weighted by Gasteiger charge is 2.36. The van der Waals surface area contributed by atoms with E-state index in [9.17, 15) is 19.5 Å². The zero-order chi connectivity index (χ0) is 22.8. The van der Waals surface area contributed by atoms with Gasteiger partial charge in [0.2, 0.25) is 0 Å². The largest absolute Gasteiger partial charge is 0.394 e. The molecule has 166 valence electrons. The first-order valence-electron chi connectivity index (χ1n) is 10.9. The molecule has 3 amide bonds. The Balaban J connectivity index is 1.49. The van der Waals surface area contributed by atoms with Crippen LogP contribution in [0.1, 0.15) is 56.9 Å². The summed E-state index contributed by atoms with van der Waals surface area (Å²) in [6, 6.07) is 12.1. The molecule has 0 radical (unpaired) electrons. The molecule has 3 aromatic rings. The Labute approximate surface area is 186 Å². The number of carbonyl (C=O) groups excluding carboxylic acids is 3. The average Bonchev–Trinajstić information content (AvgIpc) is 3.33. The van der Waals surface area contributed by atoms with Gasteiger partial charge in [0.05, 0.1) is 23.8 Å². The van der Waals surface area contributed by atoms with E-state index in [1.165, 1.54) is 17.0 Å². The number of benzene rings is 2. The Kier molecular flexibility index (Phi) is 6.10. The lowest BCUT2D eigenvalue weighted by Crippen LogP contribution is -2.41. The maximum atomic E-state index is 13.0. The molecular formula is C25H27N3O4. The Morgan fingerprint density at radius 1 is 1.12 bits per heavy atom. The number of carbonyl (C=O) groups is 3. The number of amides is 3. The van der Waals surface area contributed by atoms with Crippen LogP contribution < -0.4 is 5.32 Å².